The summed E-state index contributed by atoms with van der Waals surface area (Å²) in [5.41, 5.74) is 4.25. The molecule has 0 aliphatic heterocycles. The fourth-order valence-electron chi connectivity index (χ4n) is 0.342. The predicted octanol–water partition coefficient (Wildman–Crippen LogP) is 1.03. The molecule has 62 valence electrons. The molecule has 0 bridgehead atoms. The Morgan fingerprint density at radius 1 is 1.25 bits per heavy atom. The van der Waals surface area contributed by atoms with Crippen molar-refractivity contribution in [2.75, 3.05) is 0 Å². The minimum absolute atomic E-state index is 0. The first kappa shape index (κ1) is 17.9. The van der Waals surface area contributed by atoms with Gasteiger partial charge in [-0.1, -0.05) is 0 Å². The zero-order valence-electron chi connectivity index (χ0n) is 6.68. The zero-order valence-corrected chi connectivity index (χ0v) is 8.99. The molecule has 0 amide bonds. The van der Waals surface area contributed by atoms with Crippen molar-refractivity contribution >= 4 is 31.7 Å². The maximum atomic E-state index is 8.46. The van der Waals surface area contributed by atoms with Crippen molar-refractivity contribution < 1.29 is 9.46 Å². The summed E-state index contributed by atoms with van der Waals surface area (Å²) < 4.78 is 8.46. The fourth-order valence-corrected chi connectivity index (χ4v) is 0.342. The molecule has 0 saturated heterocycles. The molecule has 3 nitrogen and oxygen atoms in total. The van der Waals surface area contributed by atoms with Crippen molar-refractivity contribution in [3.8, 4) is 0 Å². The number of hydrogen-bond donors (Lipinski definition) is 2. The second kappa shape index (κ2) is 22.4. The topological polar surface area (TPSA) is 63.3 Å². The van der Waals surface area contributed by atoms with Crippen LogP contribution in [0.2, 0.25) is 0 Å². The first-order valence-corrected chi connectivity index (χ1v) is 3.47. The van der Waals surface area contributed by atoms with Crippen LogP contribution in [-0.2, 0) is 4.57 Å². The number of benzene rings is 1. The van der Waals surface area contributed by atoms with Crippen molar-refractivity contribution in [3.63, 3.8) is 0 Å². The van der Waals surface area contributed by atoms with Crippen molar-refractivity contribution in [2.24, 2.45) is 5.73 Å². The second-order valence-electron chi connectivity index (χ2n) is 1.16. The van der Waals surface area contributed by atoms with E-state index in [1.807, 2.05) is 30.3 Å². The third-order valence-electron chi connectivity index (χ3n) is 0.607. The normalized spacial score (nSPS) is 6.25. The molecular weight excluding hydrogens is 185 g/mol. The molecule has 1 aromatic carbocycles. The van der Waals surface area contributed by atoms with Gasteiger partial charge in [-0.15, -0.1) is 0 Å². The molecule has 1 rings (SSSR count). The Labute approximate surface area is 90.4 Å². The smallest absolute Gasteiger partial charge is 0.486 e. The van der Waals surface area contributed by atoms with Crippen LogP contribution in [0, 0.1) is 13.1 Å². The van der Waals surface area contributed by atoms with Gasteiger partial charge in [0.15, 0.2) is 0 Å². The van der Waals surface area contributed by atoms with Gasteiger partial charge in [-0.25, -0.2) is 4.57 Å². The Morgan fingerprint density at radius 2 is 1.58 bits per heavy atom. The van der Waals surface area contributed by atoms with Crippen LogP contribution < -0.4 is 5.73 Å². The van der Waals surface area contributed by atoms with E-state index >= 15 is 0 Å². The van der Waals surface area contributed by atoms with Gasteiger partial charge in [-0.3, -0.25) is 7.05 Å². The van der Waals surface area contributed by atoms with Crippen LogP contribution in [-0.4, -0.2) is 27.9 Å². The molecule has 0 aliphatic carbocycles. The molecule has 0 aromatic heterocycles. The number of hydrogen-bond acceptors (Lipinski definition) is 2. The maximum Gasteiger partial charge on any atom is 2.00 e. The van der Waals surface area contributed by atoms with Crippen molar-refractivity contribution in [3.05, 3.63) is 43.4 Å². The van der Waals surface area contributed by atoms with Gasteiger partial charge in [0, 0.05) is 0 Å². The molecule has 0 saturated carbocycles. The van der Waals surface area contributed by atoms with E-state index in [0.29, 0.717) is 0 Å². The van der Waals surface area contributed by atoms with Crippen LogP contribution in [0.5, 0.6) is 0 Å². The summed E-state index contributed by atoms with van der Waals surface area (Å²) in [6, 6.07) is 12.5. The van der Waals surface area contributed by atoms with Crippen molar-refractivity contribution in [1.82, 2.24) is 0 Å². The Balaban J connectivity index is -0.000000119. The summed E-state index contributed by atoms with van der Waals surface area (Å²) in [6.07, 6.45) is 0. The maximum absolute atomic E-state index is 8.46. The summed E-state index contributed by atoms with van der Waals surface area (Å²) >= 11 is 0. The van der Waals surface area contributed by atoms with E-state index in [4.69, 9.17) is 9.46 Å². The van der Waals surface area contributed by atoms with Gasteiger partial charge in [-0.05, 0) is 0 Å². The van der Waals surface area contributed by atoms with E-state index in [2.05, 4.69) is 18.8 Å². The molecule has 3 N–H and O–H groups in total. The van der Waals surface area contributed by atoms with Gasteiger partial charge in [-0.2, -0.15) is 36.4 Å². The van der Waals surface area contributed by atoms with Crippen LogP contribution in [0.4, 0.5) is 0 Å². The minimum atomic E-state index is -0.833. The van der Waals surface area contributed by atoms with E-state index in [1.165, 1.54) is 0 Å². The molecule has 0 heterocycles. The Kier molecular flexibility index (Phi) is 33.5. The van der Waals surface area contributed by atoms with Gasteiger partial charge in [0.1, 0.15) is 0 Å². The second-order valence-corrected chi connectivity index (χ2v) is 1.32. The van der Waals surface area contributed by atoms with E-state index in [0.717, 1.165) is 0 Å². The fraction of sp³-hybridized carbons (Fsp3) is 0. The van der Waals surface area contributed by atoms with Crippen LogP contribution >= 0.6 is 8.69 Å². The molecule has 0 radical (unpaired) electrons. The average molecular weight is 195 g/mol. The van der Waals surface area contributed by atoms with E-state index in [-0.39, 0.29) is 23.1 Å². The first-order chi connectivity index (χ1) is 5.41. The minimum Gasteiger partial charge on any atom is -0.486 e. The van der Waals surface area contributed by atoms with E-state index in [9.17, 15) is 0 Å². The van der Waals surface area contributed by atoms with Crippen molar-refractivity contribution in [2.45, 2.75) is 0 Å². The summed E-state index contributed by atoms with van der Waals surface area (Å²) in [5.74, 6) is 0. The Morgan fingerprint density at radius 3 is 1.67 bits per heavy atom. The molecule has 1 aromatic rings. The van der Waals surface area contributed by atoms with Crippen LogP contribution in [0.3, 0.4) is 0 Å². The number of nitrogens with two attached hydrogens (primary N) is 1. The SMILES string of the molecule is O=PO.[CH2-]N.[Mg+2].[c-]1ccccc1. The molecule has 5 heteroatoms. The van der Waals surface area contributed by atoms with Crippen LogP contribution in [0.1, 0.15) is 0 Å². The van der Waals surface area contributed by atoms with Crippen molar-refractivity contribution in [1.29, 1.82) is 0 Å². The summed E-state index contributed by atoms with van der Waals surface area (Å²) in [5, 5.41) is 0. The van der Waals surface area contributed by atoms with Crippen LogP contribution in [0.25, 0.3) is 0 Å². The molecule has 0 unspecified atom stereocenters. The van der Waals surface area contributed by atoms with Gasteiger partial charge in [0.25, 0.3) is 0 Å². The Hall–Kier alpha value is 0.00623. The monoisotopic (exact) mass is 195 g/mol. The van der Waals surface area contributed by atoms with E-state index < -0.39 is 8.69 Å². The molecule has 12 heavy (non-hydrogen) atoms. The summed E-state index contributed by atoms with van der Waals surface area (Å²) in [7, 11) is 1.92. The quantitative estimate of drug-likeness (QED) is 0.369. The third-order valence-corrected chi connectivity index (χ3v) is 0.607. The molecular formula is C7H10MgNO2P. The van der Waals surface area contributed by atoms with Gasteiger partial charge < -0.3 is 10.6 Å². The van der Waals surface area contributed by atoms with Gasteiger partial charge in [0.05, 0.1) is 0 Å². The predicted molar refractivity (Wildman–Crippen MR) is 50.4 cm³/mol. The van der Waals surface area contributed by atoms with Crippen LogP contribution in [0.15, 0.2) is 30.3 Å². The summed E-state index contributed by atoms with van der Waals surface area (Å²) in [6.45, 7) is 0. The third kappa shape index (κ3) is 22.5. The van der Waals surface area contributed by atoms with Gasteiger partial charge >= 0.3 is 31.7 Å². The average Bonchev–Trinajstić information content (AvgIpc) is 2.12. The Bertz CT molecular complexity index is 125. The number of rotatable bonds is 0. The largest absolute Gasteiger partial charge is 2.00 e. The first-order valence-electron chi connectivity index (χ1n) is 2.70. The molecule has 0 fully saturated rings. The molecule has 0 aliphatic rings. The molecule has 0 spiro atoms. The van der Waals surface area contributed by atoms with Gasteiger partial charge in [0.2, 0.25) is 0 Å². The standard InChI is InChI=1S/C6H5.CH4N.Mg.HO2P/c1-2-4-6-5-3-1;1-2;;1-3-2/h1-5H;1-2H2;;(H,1,2)/q2*-1;+2;. The summed E-state index contributed by atoms with van der Waals surface area (Å²) in [4.78, 5) is 6.99. The van der Waals surface area contributed by atoms with E-state index in [1.54, 1.807) is 0 Å². The zero-order chi connectivity index (χ0) is 8.95. The molecule has 0 atom stereocenters.